The summed E-state index contributed by atoms with van der Waals surface area (Å²) in [7, 11) is 1.55. The second kappa shape index (κ2) is 10.1. The molecule has 0 atom stereocenters. The van der Waals surface area contributed by atoms with Gasteiger partial charge in [-0.15, -0.1) is 0 Å². The molecule has 0 saturated heterocycles. The Morgan fingerprint density at radius 1 is 0.793 bits per heavy atom. The summed E-state index contributed by atoms with van der Waals surface area (Å²) in [4.78, 5) is 24.1. The lowest BCUT2D eigenvalue weighted by molar-refractivity contribution is -0.144. The summed E-state index contributed by atoms with van der Waals surface area (Å²) in [5.74, 6) is 0.391. The molecule has 0 aliphatic heterocycles. The van der Waals surface area contributed by atoms with Gasteiger partial charge in [-0.3, -0.25) is 4.79 Å². The van der Waals surface area contributed by atoms with Gasteiger partial charge in [0.2, 0.25) is 0 Å². The fourth-order valence-corrected chi connectivity index (χ4v) is 2.79. The number of ketones is 1. The van der Waals surface area contributed by atoms with E-state index < -0.39 is 5.97 Å². The zero-order chi connectivity index (χ0) is 20.5. The Kier molecular flexibility index (Phi) is 7.00. The molecule has 0 aliphatic rings. The molecule has 0 amide bonds. The third-order valence-corrected chi connectivity index (χ3v) is 4.33. The van der Waals surface area contributed by atoms with E-state index in [0.717, 1.165) is 11.1 Å². The van der Waals surface area contributed by atoms with E-state index in [0.29, 0.717) is 23.5 Å². The number of hydrogen-bond donors (Lipinski definition) is 0. The maximum Gasteiger partial charge on any atom is 0.344 e. The molecule has 0 saturated carbocycles. The smallest absolute Gasteiger partial charge is 0.344 e. The van der Waals surface area contributed by atoms with Gasteiger partial charge in [0.25, 0.3) is 0 Å². The van der Waals surface area contributed by atoms with Gasteiger partial charge >= 0.3 is 5.97 Å². The van der Waals surface area contributed by atoms with Crippen molar-refractivity contribution in [3.8, 4) is 11.5 Å². The average Bonchev–Trinajstić information content (AvgIpc) is 2.77. The van der Waals surface area contributed by atoms with Crippen LogP contribution in [-0.4, -0.2) is 32.1 Å². The summed E-state index contributed by atoms with van der Waals surface area (Å²) in [5.41, 5.74) is 2.57. The molecule has 0 heterocycles. The van der Waals surface area contributed by atoms with E-state index >= 15 is 0 Å². The molecule has 0 aromatic heterocycles. The topological polar surface area (TPSA) is 61.8 Å². The van der Waals surface area contributed by atoms with E-state index in [-0.39, 0.29) is 19.0 Å². The zero-order valence-electron chi connectivity index (χ0n) is 16.2. The molecule has 29 heavy (non-hydrogen) atoms. The quantitative estimate of drug-likeness (QED) is 0.407. The third kappa shape index (κ3) is 5.94. The van der Waals surface area contributed by atoms with Crippen molar-refractivity contribution in [3.05, 3.63) is 95.6 Å². The van der Waals surface area contributed by atoms with Crippen molar-refractivity contribution >= 4 is 11.8 Å². The summed E-state index contributed by atoms with van der Waals surface area (Å²) in [6.07, 6.45) is 0.696. The van der Waals surface area contributed by atoms with Gasteiger partial charge in [0.15, 0.2) is 19.0 Å². The third-order valence-electron chi connectivity index (χ3n) is 4.33. The fourth-order valence-electron chi connectivity index (χ4n) is 2.79. The van der Waals surface area contributed by atoms with Crippen molar-refractivity contribution in [2.75, 3.05) is 20.3 Å². The summed E-state index contributed by atoms with van der Waals surface area (Å²) >= 11 is 0. The Hall–Kier alpha value is -3.60. The monoisotopic (exact) mass is 390 g/mol. The first-order valence-electron chi connectivity index (χ1n) is 9.23. The summed E-state index contributed by atoms with van der Waals surface area (Å²) < 4.78 is 15.7. The first kappa shape index (κ1) is 20.1. The Balaban J connectivity index is 1.51. The highest BCUT2D eigenvalue weighted by atomic mass is 16.6. The number of carbonyl (C=O) groups is 2. The molecule has 5 heteroatoms. The van der Waals surface area contributed by atoms with Crippen molar-refractivity contribution in [2.24, 2.45) is 0 Å². The molecule has 3 rings (SSSR count). The van der Waals surface area contributed by atoms with E-state index in [9.17, 15) is 9.59 Å². The van der Waals surface area contributed by atoms with Gasteiger partial charge in [0.1, 0.15) is 11.5 Å². The van der Waals surface area contributed by atoms with Crippen LogP contribution in [0.4, 0.5) is 0 Å². The van der Waals surface area contributed by atoms with Crippen molar-refractivity contribution < 1.29 is 23.8 Å². The van der Waals surface area contributed by atoms with Crippen LogP contribution in [0, 0.1) is 0 Å². The molecule has 5 nitrogen and oxygen atoms in total. The molecule has 3 aromatic carbocycles. The second-order valence-corrected chi connectivity index (χ2v) is 6.37. The fraction of sp³-hybridized carbons (Fsp3) is 0.167. The molecule has 0 aliphatic carbocycles. The molecule has 3 aromatic rings. The minimum absolute atomic E-state index is 0.262. The van der Waals surface area contributed by atoms with Crippen molar-refractivity contribution in [1.29, 1.82) is 0 Å². The second-order valence-electron chi connectivity index (χ2n) is 6.37. The molecule has 0 bridgehead atoms. The molecule has 0 N–H and O–H groups in total. The van der Waals surface area contributed by atoms with Crippen molar-refractivity contribution in [1.82, 2.24) is 0 Å². The molecule has 0 radical (unpaired) electrons. The maximum absolute atomic E-state index is 12.1. The molecular weight excluding hydrogens is 368 g/mol. The number of para-hydroxylation sites is 1. The van der Waals surface area contributed by atoms with Crippen LogP contribution < -0.4 is 9.47 Å². The first-order chi connectivity index (χ1) is 14.2. The lowest BCUT2D eigenvalue weighted by Crippen LogP contribution is -2.19. The van der Waals surface area contributed by atoms with Gasteiger partial charge in [-0.1, -0.05) is 48.5 Å². The van der Waals surface area contributed by atoms with Gasteiger partial charge in [-0.2, -0.15) is 0 Å². The molecular formula is C24H22O5. The normalized spacial score (nSPS) is 10.2. The number of benzene rings is 3. The van der Waals surface area contributed by atoms with Crippen LogP contribution in [0.2, 0.25) is 0 Å². The van der Waals surface area contributed by atoms with Gasteiger partial charge in [-0.25, -0.2) is 4.79 Å². The number of Topliss-reactive ketones (excluding diaryl/α,β-unsaturated/α-hetero) is 1. The van der Waals surface area contributed by atoms with E-state index in [4.69, 9.17) is 14.2 Å². The average molecular weight is 390 g/mol. The Bertz CT molecular complexity index is 949. The lowest BCUT2D eigenvalue weighted by Gasteiger charge is -2.11. The van der Waals surface area contributed by atoms with Crippen LogP contribution in [-0.2, 0) is 16.0 Å². The zero-order valence-corrected chi connectivity index (χ0v) is 16.2. The van der Waals surface area contributed by atoms with Crippen LogP contribution in [0.25, 0.3) is 0 Å². The van der Waals surface area contributed by atoms with Crippen molar-refractivity contribution in [2.45, 2.75) is 6.42 Å². The standard InChI is InChI=1S/C24H22O5/c1-27-21-13-11-19(12-14-21)22(25)16-29-24(26)17-28-23-10-6-5-9-20(23)15-18-7-3-2-4-8-18/h2-14H,15-17H2,1H3. The Morgan fingerprint density at radius 2 is 1.48 bits per heavy atom. The van der Waals surface area contributed by atoms with Crippen molar-refractivity contribution in [3.63, 3.8) is 0 Å². The highest BCUT2D eigenvalue weighted by molar-refractivity contribution is 5.98. The molecule has 0 fully saturated rings. The summed E-state index contributed by atoms with van der Waals surface area (Å²) in [6, 6.07) is 24.2. The Morgan fingerprint density at radius 3 is 2.21 bits per heavy atom. The first-order valence-corrected chi connectivity index (χ1v) is 9.23. The number of hydrogen-bond acceptors (Lipinski definition) is 5. The van der Waals surface area contributed by atoms with Crippen LogP contribution in [0.3, 0.4) is 0 Å². The highest BCUT2D eigenvalue weighted by Gasteiger charge is 2.12. The van der Waals surface area contributed by atoms with Crippen LogP contribution >= 0.6 is 0 Å². The number of esters is 1. The maximum atomic E-state index is 12.1. The SMILES string of the molecule is COc1ccc(C(=O)COC(=O)COc2ccccc2Cc2ccccc2)cc1. The summed E-state index contributed by atoms with van der Waals surface area (Å²) in [6.45, 7) is -0.595. The molecule has 0 spiro atoms. The lowest BCUT2D eigenvalue weighted by atomic mass is 10.0. The number of rotatable bonds is 9. The largest absolute Gasteiger partial charge is 0.497 e. The minimum Gasteiger partial charge on any atom is -0.497 e. The predicted octanol–water partition coefficient (Wildman–Crippen LogP) is 4.09. The van der Waals surface area contributed by atoms with E-state index in [2.05, 4.69) is 0 Å². The number of carbonyl (C=O) groups excluding carboxylic acids is 2. The van der Waals surface area contributed by atoms with Gasteiger partial charge in [-0.05, 0) is 41.5 Å². The van der Waals surface area contributed by atoms with E-state index in [1.165, 1.54) is 0 Å². The number of ether oxygens (including phenoxy) is 3. The highest BCUT2D eigenvalue weighted by Crippen LogP contribution is 2.21. The molecule has 148 valence electrons. The predicted molar refractivity (Wildman–Crippen MR) is 109 cm³/mol. The van der Waals surface area contributed by atoms with Crippen LogP contribution in [0.1, 0.15) is 21.5 Å². The number of methoxy groups -OCH3 is 1. The van der Waals surface area contributed by atoms with E-state index in [1.54, 1.807) is 31.4 Å². The molecule has 0 unspecified atom stereocenters. The van der Waals surface area contributed by atoms with Crippen LogP contribution in [0.5, 0.6) is 11.5 Å². The van der Waals surface area contributed by atoms with Gasteiger partial charge in [0, 0.05) is 12.0 Å². The Labute approximate surface area is 169 Å². The van der Waals surface area contributed by atoms with Gasteiger partial charge < -0.3 is 14.2 Å². The van der Waals surface area contributed by atoms with Gasteiger partial charge in [0.05, 0.1) is 7.11 Å². The van der Waals surface area contributed by atoms with E-state index in [1.807, 2.05) is 54.6 Å². The summed E-state index contributed by atoms with van der Waals surface area (Å²) in [5, 5.41) is 0. The minimum atomic E-state index is -0.596. The van der Waals surface area contributed by atoms with Crippen LogP contribution in [0.15, 0.2) is 78.9 Å².